The minimum atomic E-state index is -1.44. The van der Waals surface area contributed by atoms with Gasteiger partial charge in [0.15, 0.2) is 0 Å². The molecule has 0 amide bonds. The molecule has 12 heteroatoms. The summed E-state index contributed by atoms with van der Waals surface area (Å²) in [4.78, 5) is 64.8. The van der Waals surface area contributed by atoms with Gasteiger partial charge in [0.25, 0.3) is 0 Å². The van der Waals surface area contributed by atoms with Crippen LogP contribution >= 0.6 is 0 Å². The molecule has 0 N–H and O–H groups in total. The number of hydrogen-bond donors (Lipinski definition) is 0. The molecule has 0 aliphatic rings. The van der Waals surface area contributed by atoms with Crippen LogP contribution in [-0.2, 0) is 38.2 Å². The Hall–Kier alpha value is -1.59. The van der Waals surface area contributed by atoms with Gasteiger partial charge in [0.05, 0.1) is 12.8 Å². The summed E-state index contributed by atoms with van der Waals surface area (Å²) in [6.45, 7) is 0. The van der Waals surface area contributed by atoms with Crippen LogP contribution in [0.25, 0.3) is 0 Å². The number of ether oxygens (including phenoxy) is 2. The van der Waals surface area contributed by atoms with Gasteiger partial charge in [-0.1, -0.05) is 0 Å². The number of aliphatic carboxylic acids is 2. The first-order valence-electron chi connectivity index (χ1n) is 7.07. The number of carboxylic acids is 2. The largest absolute Gasteiger partial charge is 1.00 e. The first kappa shape index (κ1) is 29.2. The average molecular weight is 358 g/mol. The molecular formula is C14H16Li2O10. The van der Waals surface area contributed by atoms with Crippen molar-refractivity contribution in [3.63, 3.8) is 0 Å². The van der Waals surface area contributed by atoms with Gasteiger partial charge in [0.1, 0.15) is 0 Å². The van der Waals surface area contributed by atoms with E-state index >= 15 is 0 Å². The van der Waals surface area contributed by atoms with E-state index in [4.69, 9.17) is 0 Å². The van der Waals surface area contributed by atoms with E-state index in [1.165, 1.54) is 0 Å². The van der Waals surface area contributed by atoms with Gasteiger partial charge in [0, 0.05) is 24.8 Å². The van der Waals surface area contributed by atoms with Gasteiger partial charge in [-0.05, 0) is 25.7 Å². The molecule has 0 fully saturated rings. The van der Waals surface area contributed by atoms with Crippen molar-refractivity contribution in [1.82, 2.24) is 0 Å². The van der Waals surface area contributed by atoms with E-state index < -0.39 is 61.5 Å². The molecule has 134 valence electrons. The minimum Gasteiger partial charge on any atom is -0.550 e. The van der Waals surface area contributed by atoms with Crippen molar-refractivity contribution in [2.45, 2.75) is 51.4 Å². The van der Waals surface area contributed by atoms with Gasteiger partial charge in [-0.3, -0.25) is 19.2 Å². The minimum absolute atomic E-state index is 0. The number of rotatable bonds is 11. The number of esters is 4. The second-order valence-corrected chi connectivity index (χ2v) is 4.64. The summed E-state index contributed by atoms with van der Waals surface area (Å²) < 4.78 is 8.65. The predicted octanol–water partition coefficient (Wildman–Crippen LogP) is -8.25. The van der Waals surface area contributed by atoms with Crippen LogP contribution in [-0.4, -0.2) is 35.8 Å². The second kappa shape index (κ2) is 16.9. The van der Waals surface area contributed by atoms with Gasteiger partial charge in [-0.25, -0.2) is 0 Å². The summed E-state index contributed by atoms with van der Waals surface area (Å²) in [6.07, 6.45) is -2.06. The summed E-state index contributed by atoms with van der Waals surface area (Å²) in [5.41, 5.74) is 0. The summed E-state index contributed by atoms with van der Waals surface area (Å²) in [5, 5.41) is 20.2. The maximum Gasteiger partial charge on any atom is 1.00 e. The molecule has 0 radical (unpaired) electrons. The van der Waals surface area contributed by atoms with Gasteiger partial charge in [-0.2, -0.15) is 0 Å². The van der Waals surface area contributed by atoms with Crippen LogP contribution in [0.1, 0.15) is 51.4 Å². The zero-order chi connectivity index (χ0) is 18.5. The van der Waals surface area contributed by atoms with Crippen LogP contribution in [0.5, 0.6) is 0 Å². The Bertz CT molecular complexity index is 472. The Morgan fingerprint density at radius 1 is 0.500 bits per heavy atom. The predicted molar refractivity (Wildman–Crippen MR) is 69.1 cm³/mol. The summed E-state index contributed by atoms with van der Waals surface area (Å²) in [6, 6.07) is 0. The Morgan fingerprint density at radius 2 is 0.769 bits per heavy atom. The SMILES string of the molecule is O=C([O-])CCC(=O)OC(=O)CCCCC(=O)OC(=O)CCC(=O)[O-].[Li+].[Li+]. The van der Waals surface area contributed by atoms with Crippen molar-refractivity contribution in [1.29, 1.82) is 0 Å². The van der Waals surface area contributed by atoms with E-state index in [0.717, 1.165) is 0 Å². The third-order valence-corrected chi connectivity index (χ3v) is 2.53. The number of carboxylic acid groups (broad SMARTS) is 2. The van der Waals surface area contributed by atoms with E-state index in [-0.39, 0.29) is 63.4 Å². The van der Waals surface area contributed by atoms with Crippen LogP contribution < -0.4 is 47.9 Å². The molecule has 0 heterocycles. The normalized spacial score (nSPS) is 9.08. The van der Waals surface area contributed by atoms with Crippen molar-refractivity contribution < 1.29 is 86.2 Å². The molecule has 0 saturated carbocycles. The summed E-state index contributed by atoms with van der Waals surface area (Å²) >= 11 is 0. The molecule has 0 aromatic rings. The van der Waals surface area contributed by atoms with E-state index in [1.54, 1.807) is 0 Å². The van der Waals surface area contributed by atoms with Crippen LogP contribution in [0, 0.1) is 0 Å². The number of hydrogen-bond acceptors (Lipinski definition) is 10. The zero-order valence-corrected chi connectivity index (χ0v) is 14.7. The second-order valence-electron chi connectivity index (χ2n) is 4.64. The summed E-state index contributed by atoms with van der Waals surface area (Å²) in [5.74, 6) is -6.57. The quantitative estimate of drug-likeness (QED) is 0.150. The molecule has 0 spiro atoms. The van der Waals surface area contributed by atoms with E-state index in [2.05, 4.69) is 9.47 Å². The Balaban J connectivity index is -0.00000264. The molecule has 0 unspecified atom stereocenters. The first-order chi connectivity index (χ1) is 11.2. The molecule has 0 atom stereocenters. The van der Waals surface area contributed by atoms with Crippen LogP contribution in [0.3, 0.4) is 0 Å². The van der Waals surface area contributed by atoms with Crippen LogP contribution in [0.15, 0.2) is 0 Å². The van der Waals surface area contributed by atoms with Crippen molar-refractivity contribution in [2.24, 2.45) is 0 Å². The fraction of sp³-hybridized carbons (Fsp3) is 0.571. The molecule has 0 aromatic carbocycles. The van der Waals surface area contributed by atoms with Gasteiger partial charge < -0.3 is 29.3 Å². The van der Waals surface area contributed by atoms with Gasteiger partial charge in [0.2, 0.25) is 0 Å². The molecule has 0 aromatic heterocycles. The Morgan fingerprint density at radius 3 is 1.04 bits per heavy atom. The zero-order valence-electron chi connectivity index (χ0n) is 14.7. The monoisotopic (exact) mass is 358 g/mol. The van der Waals surface area contributed by atoms with Crippen molar-refractivity contribution >= 4 is 35.8 Å². The third-order valence-electron chi connectivity index (χ3n) is 2.53. The number of carbonyl (C=O) groups excluding carboxylic acids is 6. The van der Waals surface area contributed by atoms with Gasteiger partial charge in [-0.15, -0.1) is 0 Å². The van der Waals surface area contributed by atoms with Crippen molar-refractivity contribution in [3.8, 4) is 0 Å². The standard InChI is InChI=1S/C14H18O10.2Li/c15-9(16)5-7-13(21)23-11(19)3-1-2-4-12(20)24-14(22)8-6-10(17)18;;/h1-8H2,(H,15,16)(H,17,18);;/q;2*+1/p-2. The molecule has 0 aliphatic carbocycles. The van der Waals surface area contributed by atoms with Crippen LogP contribution in [0.2, 0.25) is 0 Å². The molecule has 10 nitrogen and oxygen atoms in total. The summed E-state index contributed by atoms with van der Waals surface area (Å²) in [7, 11) is 0. The Kier molecular flexibility index (Phi) is 18.9. The molecule has 26 heavy (non-hydrogen) atoms. The maximum atomic E-state index is 11.2. The fourth-order valence-corrected chi connectivity index (χ4v) is 1.40. The third kappa shape index (κ3) is 18.7. The first-order valence-corrected chi connectivity index (χ1v) is 7.07. The molecule has 0 aliphatic heterocycles. The number of unbranched alkanes of at least 4 members (excludes halogenated alkanes) is 1. The van der Waals surface area contributed by atoms with E-state index in [1.807, 2.05) is 0 Å². The number of carbonyl (C=O) groups is 6. The van der Waals surface area contributed by atoms with Crippen molar-refractivity contribution in [2.75, 3.05) is 0 Å². The van der Waals surface area contributed by atoms with Gasteiger partial charge >= 0.3 is 61.6 Å². The molecule has 0 rings (SSSR count). The van der Waals surface area contributed by atoms with Crippen LogP contribution in [0.4, 0.5) is 0 Å². The molecular weight excluding hydrogens is 342 g/mol. The average Bonchev–Trinajstić information content (AvgIpc) is 2.47. The smallest absolute Gasteiger partial charge is 0.550 e. The fourth-order valence-electron chi connectivity index (χ4n) is 1.40. The maximum absolute atomic E-state index is 11.2. The Labute approximate surface area is 173 Å². The van der Waals surface area contributed by atoms with E-state index in [0.29, 0.717) is 0 Å². The molecule has 0 saturated heterocycles. The topological polar surface area (TPSA) is 167 Å². The van der Waals surface area contributed by atoms with Crippen molar-refractivity contribution in [3.05, 3.63) is 0 Å². The van der Waals surface area contributed by atoms with E-state index in [9.17, 15) is 39.0 Å². The molecule has 0 bridgehead atoms.